The highest BCUT2D eigenvalue weighted by molar-refractivity contribution is 7.14. The molecule has 4 rings (SSSR count). The molecular weight excluding hydrogens is 550 g/mol. The van der Waals surface area contributed by atoms with E-state index in [0.29, 0.717) is 27.6 Å². The summed E-state index contributed by atoms with van der Waals surface area (Å²) in [5, 5.41) is 19.5. The number of fused-ring (bicyclic) bond motifs is 1. The molecule has 2 heterocycles. The van der Waals surface area contributed by atoms with Gasteiger partial charge in [0, 0.05) is 46.1 Å². The monoisotopic (exact) mass is 583 g/mol. The summed E-state index contributed by atoms with van der Waals surface area (Å²) in [6, 6.07) is 14.7. The second-order valence-electron chi connectivity index (χ2n) is 11.0. The summed E-state index contributed by atoms with van der Waals surface area (Å²) in [7, 11) is 0. The first-order valence-electron chi connectivity index (χ1n) is 13.2. The number of aliphatic hydroxyl groups excluding tert-OH is 1. The maximum atomic E-state index is 14.1. The normalized spacial score (nSPS) is 17.4. The predicted molar refractivity (Wildman–Crippen MR) is 157 cm³/mol. The number of hydrogen-bond acceptors (Lipinski definition) is 6. The molecule has 9 heteroatoms. The molecule has 2 atom stereocenters. The molecule has 1 aromatic heterocycles. The van der Waals surface area contributed by atoms with Gasteiger partial charge in [0.1, 0.15) is 12.2 Å². The van der Waals surface area contributed by atoms with Crippen LogP contribution in [-0.4, -0.2) is 47.1 Å². The van der Waals surface area contributed by atoms with E-state index in [0.717, 1.165) is 21.6 Å². The van der Waals surface area contributed by atoms with Crippen LogP contribution in [0, 0.1) is 19.3 Å². The highest BCUT2D eigenvalue weighted by Gasteiger charge is 2.40. The number of carbonyl (C=O) groups excluding carboxylic acids is 2. The summed E-state index contributed by atoms with van der Waals surface area (Å²) in [6.45, 7) is 7.82. The Hall–Kier alpha value is -3.04. The van der Waals surface area contributed by atoms with Crippen LogP contribution in [0.4, 0.5) is 5.69 Å². The Morgan fingerprint density at radius 3 is 2.55 bits per heavy atom. The number of nitrogens with zero attached hydrogens (tertiary/aromatic N) is 1. The standard InChI is InChI=1S/C31H34ClNO6S/c1-18-6-5-7-22(19(18)2)29-23-14-20(32)8-11-24(23)33(16-31(3,4)17-34)30(38)26(39-29)15-25(35)27-12-9-21(40-27)10-13-28(36)37/h5-9,11-12,14,26,29,34H,10,13,15-17H2,1-4H3,(H,36,37)/t26-,29+/m1/s1. The summed E-state index contributed by atoms with van der Waals surface area (Å²) in [6.07, 6.45) is -1.63. The number of aliphatic hydroxyl groups is 1. The zero-order valence-electron chi connectivity index (χ0n) is 23.1. The van der Waals surface area contributed by atoms with Crippen molar-refractivity contribution in [2.45, 2.75) is 59.2 Å². The molecule has 1 aliphatic heterocycles. The number of Topliss-reactive ketones (excluding diaryl/α,β-unsaturated/α-hetero) is 1. The van der Waals surface area contributed by atoms with Gasteiger partial charge in [0.15, 0.2) is 5.78 Å². The second-order valence-corrected chi connectivity index (χ2v) is 12.6. The predicted octanol–water partition coefficient (Wildman–Crippen LogP) is 6.15. The number of anilines is 1. The molecule has 1 amide bonds. The summed E-state index contributed by atoms with van der Waals surface area (Å²) < 4.78 is 6.58. The fourth-order valence-electron chi connectivity index (χ4n) is 4.81. The highest BCUT2D eigenvalue weighted by Crippen LogP contribution is 2.42. The van der Waals surface area contributed by atoms with Crippen LogP contribution in [0.3, 0.4) is 0 Å². The number of ketones is 1. The molecule has 7 nitrogen and oxygen atoms in total. The first-order valence-corrected chi connectivity index (χ1v) is 14.4. The molecule has 0 unspecified atom stereocenters. The van der Waals surface area contributed by atoms with E-state index in [1.807, 2.05) is 45.9 Å². The van der Waals surface area contributed by atoms with Gasteiger partial charge < -0.3 is 19.8 Å². The first-order chi connectivity index (χ1) is 18.9. The van der Waals surface area contributed by atoms with Gasteiger partial charge in [0.05, 0.1) is 11.3 Å². The minimum atomic E-state index is -1.09. The molecule has 0 aliphatic carbocycles. The summed E-state index contributed by atoms with van der Waals surface area (Å²) in [4.78, 5) is 41.4. The molecular formula is C31H34ClNO6S. The van der Waals surface area contributed by atoms with Crippen molar-refractivity contribution in [1.82, 2.24) is 0 Å². The number of halogens is 1. The third-order valence-electron chi connectivity index (χ3n) is 7.24. The molecule has 0 spiro atoms. The van der Waals surface area contributed by atoms with Crippen LogP contribution in [0.15, 0.2) is 48.5 Å². The van der Waals surface area contributed by atoms with Gasteiger partial charge in [-0.05, 0) is 67.3 Å². The van der Waals surface area contributed by atoms with Crippen molar-refractivity contribution >= 4 is 46.3 Å². The van der Waals surface area contributed by atoms with Crippen molar-refractivity contribution in [3.8, 4) is 0 Å². The van der Waals surface area contributed by atoms with Gasteiger partial charge in [-0.3, -0.25) is 14.4 Å². The van der Waals surface area contributed by atoms with Gasteiger partial charge in [0.2, 0.25) is 0 Å². The number of carboxylic acid groups (broad SMARTS) is 1. The molecule has 0 radical (unpaired) electrons. The Bertz CT molecular complexity index is 1430. The number of aryl methyl sites for hydroxylation is 2. The maximum absolute atomic E-state index is 14.1. The number of amides is 1. The van der Waals surface area contributed by atoms with Gasteiger partial charge in [0.25, 0.3) is 5.91 Å². The van der Waals surface area contributed by atoms with E-state index in [-0.39, 0.29) is 37.7 Å². The Morgan fingerprint density at radius 2 is 1.85 bits per heavy atom. The number of ether oxygens (including phenoxy) is 1. The SMILES string of the molecule is Cc1cccc([C@@H]2O[C@H](CC(=O)c3ccc(CCC(=O)O)s3)C(=O)N(CC(C)(C)CO)c3ccc(Cl)cc32)c1C. The van der Waals surface area contributed by atoms with Crippen molar-refractivity contribution in [3.63, 3.8) is 0 Å². The Balaban J connectivity index is 1.77. The molecule has 40 heavy (non-hydrogen) atoms. The largest absolute Gasteiger partial charge is 0.481 e. The van der Waals surface area contributed by atoms with Gasteiger partial charge in [-0.15, -0.1) is 11.3 Å². The zero-order chi connectivity index (χ0) is 29.2. The van der Waals surface area contributed by atoms with Crippen LogP contribution in [0.5, 0.6) is 0 Å². The number of benzene rings is 2. The lowest BCUT2D eigenvalue weighted by Gasteiger charge is -2.32. The lowest BCUT2D eigenvalue weighted by molar-refractivity contribution is -0.137. The maximum Gasteiger partial charge on any atom is 0.303 e. The van der Waals surface area contributed by atoms with E-state index in [2.05, 4.69) is 0 Å². The molecule has 1 aliphatic rings. The number of thiophene rings is 1. The van der Waals surface area contributed by atoms with Gasteiger partial charge in [-0.1, -0.05) is 43.6 Å². The minimum Gasteiger partial charge on any atom is -0.481 e. The number of hydrogen-bond donors (Lipinski definition) is 2. The van der Waals surface area contributed by atoms with Crippen molar-refractivity contribution in [3.05, 3.63) is 85.6 Å². The molecule has 3 aromatic rings. The lowest BCUT2D eigenvalue weighted by atomic mass is 9.91. The molecule has 2 N–H and O–H groups in total. The van der Waals surface area contributed by atoms with E-state index in [1.54, 1.807) is 35.2 Å². The van der Waals surface area contributed by atoms with Crippen molar-refractivity contribution in [2.75, 3.05) is 18.1 Å². The molecule has 2 aromatic carbocycles. The number of rotatable bonds is 10. The van der Waals surface area contributed by atoms with Gasteiger partial charge >= 0.3 is 5.97 Å². The van der Waals surface area contributed by atoms with Crippen molar-refractivity contribution < 1.29 is 29.3 Å². The third-order valence-corrected chi connectivity index (χ3v) is 8.66. The minimum absolute atomic E-state index is 0.0215. The Morgan fingerprint density at radius 1 is 1.10 bits per heavy atom. The molecule has 0 saturated carbocycles. The quantitative estimate of drug-likeness (QED) is 0.278. The average Bonchev–Trinajstić information content (AvgIpc) is 3.36. The van der Waals surface area contributed by atoms with E-state index in [4.69, 9.17) is 21.4 Å². The van der Waals surface area contributed by atoms with E-state index >= 15 is 0 Å². The summed E-state index contributed by atoms with van der Waals surface area (Å²) in [5.74, 6) is -1.52. The average molecular weight is 584 g/mol. The Kier molecular flexibility index (Phi) is 9.15. The van der Waals surface area contributed by atoms with E-state index in [9.17, 15) is 19.5 Å². The number of carbonyl (C=O) groups is 3. The number of carboxylic acids is 1. The van der Waals surface area contributed by atoms with Crippen LogP contribution >= 0.6 is 22.9 Å². The van der Waals surface area contributed by atoms with Crippen molar-refractivity contribution in [2.24, 2.45) is 5.41 Å². The highest BCUT2D eigenvalue weighted by atomic mass is 35.5. The topological polar surface area (TPSA) is 104 Å². The fourth-order valence-corrected chi connectivity index (χ4v) is 5.94. The van der Waals surface area contributed by atoms with E-state index < -0.39 is 23.6 Å². The van der Waals surface area contributed by atoms with Crippen LogP contribution in [0.2, 0.25) is 5.02 Å². The summed E-state index contributed by atoms with van der Waals surface area (Å²) >= 11 is 7.70. The molecule has 0 bridgehead atoms. The second kappa shape index (κ2) is 12.2. The fraction of sp³-hybridized carbons (Fsp3) is 0.387. The third kappa shape index (κ3) is 6.63. The van der Waals surface area contributed by atoms with Gasteiger partial charge in [-0.2, -0.15) is 0 Å². The van der Waals surface area contributed by atoms with Crippen LogP contribution in [-0.2, 0) is 20.7 Å². The lowest BCUT2D eigenvalue weighted by Crippen LogP contribution is -2.45. The van der Waals surface area contributed by atoms with Gasteiger partial charge in [-0.25, -0.2) is 0 Å². The molecule has 212 valence electrons. The number of aliphatic carboxylic acids is 1. The first kappa shape index (κ1) is 29.9. The van der Waals surface area contributed by atoms with Crippen LogP contribution in [0.25, 0.3) is 0 Å². The van der Waals surface area contributed by atoms with Crippen LogP contribution < -0.4 is 4.90 Å². The zero-order valence-corrected chi connectivity index (χ0v) is 24.6. The smallest absolute Gasteiger partial charge is 0.303 e. The molecule has 0 fully saturated rings. The van der Waals surface area contributed by atoms with Crippen LogP contribution in [0.1, 0.15) is 69.6 Å². The van der Waals surface area contributed by atoms with E-state index in [1.165, 1.54) is 11.3 Å². The van der Waals surface area contributed by atoms with Crippen molar-refractivity contribution in [1.29, 1.82) is 0 Å². The molecule has 0 saturated heterocycles. The Labute approximate surface area is 243 Å². The summed E-state index contributed by atoms with van der Waals surface area (Å²) in [5.41, 5.74) is 3.69.